The minimum atomic E-state index is -1.56. The van der Waals surface area contributed by atoms with E-state index in [2.05, 4.69) is 60.7 Å². The molecule has 1 aliphatic rings. The number of rotatable bonds is 2. The van der Waals surface area contributed by atoms with Crippen LogP contribution in [0.2, 0.25) is 10.4 Å². The summed E-state index contributed by atoms with van der Waals surface area (Å²) in [4.78, 5) is 0. The molecule has 0 bridgehead atoms. The van der Waals surface area contributed by atoms with E-state index in [4.69, 9.17) is 16.9 Å². The monoisotopic (exact) mass is 480 g/mol. The molecule has 0 spiro atoms. The summed E-state index contributed by atoms with van der Waals surface area (Å²) in [6, 6.07) is 21.4. The van der Waals surface area contributed by atoms with Crippen LogP contribution in [0.25, 0.3) is 0 Å². The zero-order valence-electron chi connectivity index (χ0n) is 15.0. The van der Waals surface area contributed by atoms with Crippen molar-refractivity contribution in [2.45, 2.75) is 10.4 Å². The molecule has 6 heteroatoms. The molecule has 0 aliphatic carbocycles. The van der Waals surface area contributed by atoms with Crippen molar-refractivity contribution in [3.63, 3.8) is 0 Å². The molecule has 1 saturated heterocycles. The van der Waals surface area contributed by atoms with Gasteiger partial charge >= 0.3 is 166 Å². The Balaban J connectivity index is 1.70. The van der Waals surface area contributed by atoms with Crippen molar-refractivity contribution in [3.8, 4) is 0 Å². The molecule has 2 unspecified atom stereocenters. The van der Waals surface area contributed by atoms with Crippen LogP contribution in [0.1, 0.15) is 0 Å². The molecule has 26 heavy (non-hydrogen) atoms. The predicted octanol–water partition coefficient (Wildman–Crippen LogP) is 1.86. The van der Waals surface area contributed by atoms with Crippen LogP contribution in [0.4, 0.5) is 0 Å². The van der Waals surface area contributed by atoms with Gasteiger partial charge in [0.15, 0.2) is 0 Å². The van der Waals surface area contributed by atoms with Crippen LogP contribution in [-0.2, 0) is 16.9 Å². The van der Waals surface area contributed by atoms with Crippen molar-refractivity contribution in [2.24, 2.45) is 0 Å². The fourth-order valence-electron chi connectivity index (χ4n) is 2.64. The second kappa shape index (κ2) is 12.0. The molecule has 0 amide bonds. The second-order valence-corrected chi connectivity index (χ2v) is 14.1. The number of hydrogen-bond donors (Lipinski definition) is 0. The Hall–Kier alpha value is -0.603. The SMILES string of the molecule is c1ccc([As]2CC[As](c3ccccc3)OCCOCCOCCO2)cc1. The van der Waals surface area contributed by atoms with Crippen LogP contribution in [0.15, 0.2) is 60.7 Å². The van der Waals surface area contributed by atoms with Gasteiger partial charge < -0.3 is 0 Å². The summed E-state index contributed by atoms with van der Waals surface area (Å²) in [5.74, 6) is 0. The van der Waals surface area contributed by atoms with Gasteiger partial charge in [-0.15, -0.1) is 0 Å². The molecule has 2 aromatic rings. The maximum atomic E-state index is 6.30. The van der Waals surface area contributed by atoms with E-state index in [-0.39, 0.29) is 0 Å². The van der Waals surface area contributed by atoms with Crippen LogP contribution in [0.3, 0.4) is 0 Å². The van der Waals surface area contributed by atoms with Gasteiger partial charge in [-0.25, -0.2) is 0 Å². The standard InChI is InChI=1S/C20H26As2O4/c1-3-7-19(8-4-1)21-11-12-22(20-9-5-2-6-10-20)26-18-16-24-14-13-23-15-17-25-21/h1-10H,11-18H2. The molecule has 1 heterocycles. The summed E-state index contributed by atoms with van der Waals surface area (Å²) in [7, 11) is 0. The zero-order valence-corrected chi connectivity index (χ0v) is 18.7. The molecular weight excluding hydrogens is 454 g/mol. The predicted molar refractivity (Wildman–Crippen MR) is 107 cm³/mol. The molecule has 4 nitrogen and oxygen atoms in total. The molecule has 2 atom stereocenters. The van der Waals surface area contributed by atoms with Crippen molar-refractivity contribution in [2.75, 3.05) is 39.6 Å². The fraction of sp³-hybridized carbons (Fsp3) is 0.400. The van der Waals surface area contributed by atoms with E-state index in [0.29, 0.717) is 39.6 Å². The van der Waals surface area contributed by atoms with Gasteiger partial charge in [0.2, 0.25) is 0 Å². The average Bonchev–Trinajstić information content (AvgIpc) is 2.71. The normalized spacial score (nSPS) is 23.8. The van der Waals surface area contributed by atoms with Crippen molar-refractivity contribution >= 4 is 38.7 Å². The molecule has 3 rings (SSSR count). The first-order valence-corrected chi connectivity index (χ1v) is 15.1. The molecule has 0 saturated carbocycles. The summed E-state index contributed by atoms with van der Waals surface area (Å²) in [5.41, 5.74) is 0. The van der Waals surface area contributed by atoms with Gasteiger partial charge in [0.1, 0.15) is 0 Å². The van der Waals surface area contributed by atoms with Crippen LogP contribution >= 0.6 is 0 Å². The van der Waals surface area contributed by atoms with Crippen molar-refractivity contribution < 1.29 is 16.9 Å². The molecule has 2 aromatic carbocycles. The van der Waals surface area contributed by atoms with E-state index in [9.17, 15) is 0 Å². The Labute approximate surface area is 166 Å². The van der Waals surface area contributed by atoms with Gasteiger partial charge in [0.05, 0.1) is 0 Å². The summed E-state index contributed by atoms with van der Waals surface area (Å²) < 4.78 is 26.5. The van der Waals surface area contributed by atoms with E-state index in [1.165, 1.54) is 8.70 Å². The van der Waals surface area contributed by atoms with Gasteiger partial charge in [-0.2, -0.15) is 0 Å². The van der Waals surface area contributed by atoms with Crippen LogP contribution < -0.4 is 8.70 Å². The van der Waals surface area contributed by atoms with E-state index in [1.807, 2.05) is 0 Å². The van der Waals surface area contributed by atoms with Crippen molar-refractivity contribution in [1.29, 1.82) is 0 Å². The summed E-state index contributed by atoms with van der Waals surface area (Å²) >= 11 is -3.13. The first-order chi connectivity index (χ1) is 12.9. The quantitative estimate of drug-likeness (QED) is 0.616. The van der Waals surface area contributed by atoms with Gasteiger partial charge in [0, 0.05) is 0 Å². The molecule has 1 fully saturated rings. The van der Waals surface area contributed by atoms with Gasteiger partial charge in [-0.1, -0.05) is 0 Å². The van der Waals surface area contributed by atoms with E-state index in [1.54, 1.807) is 0 Å². The van der Waals surface area contributed by atoms with E-state index < -0.39 is 30.0 Å². The molecule has 0 N–H and O–H groups in total. The summed E-state index contributed by atoms with van der Waals surface area (Å²) in [6.45, 7) is 3.82. The van der Waals surface area contributed by atoms with Gasteiger partial charge in [-0.3, -0.25) is 0 Å². The minimum absolute atomic E-state index is 0.613. The molecule has 0 aromatic heterocycles. The summed E-state index contributed by atoms with van der Waals surface area (Å²) in [6.07, 6.45) is 0. The molecule has 1 aliphatic heterocycles. The van der Waals surface area contributed by atoms with Crippen molar-refractivity contribution in [3.05, 3.63) is 60.7 Å². The summed E-state index contributed by atoms with van der Waals surface area (Å²) in [5, 5.41) is 2.21. The van der Waals surface area contributed by atoms with Gasteiger partial charge in [0.25, 0.3) is 0 Å². The molecular formula is C20H26As2O4. The molecule has 0 radical (unpaired) electrons. The Morgan fingerprint density at radius 3 is 1.31 bits per heavy atom. The number of ether oxygens (including phenoxy) is 2. The first kappa shape index (κ1) is 20.1. The molecule has 140 valence electrons. The van der Waals surface area contributed by atoms with E-state index in [0.717, 1.165) is 10.4 Å². The van der Waals surface area contributed by atoms with Crippen molar-refractivity contribution in [1.82, 2.24) is 0 Å². The third-order valence-corrected chi connectivity index (χ3v) is 14.0. The first-order valence-electron chi connectivity index (χ1n) is 9.00. The fourth-order valence-corrected chi connectivity index (χ4v) is 13.0. The topological polar surface area (TPSA) is 36.9 Å². The third-order valence-electron chi connectivity index (χ3n) is 3.92. The number of hydrogen-bond acceptors (Lipinski definition) is 4. The second-order valence-electron chi connectivity index (χ2n) is 5.77. The van der Waals surface area contributed by atoms with Crippen LogP contribution in [0.5, 0.6) is 0 Å². The van der Waals surface area contributed by atoms with E-state index >= 15 is 0 Å². The zero-order chi connectivity index (χ0) is 17.9. The maximum absolute atomic E-state index is 6.30. The van der Waals surface area contributed by atoms with Gasteiger partial charge in [-0.05, 0) is 0 Å². The van der Waals surface area contributed by atoms with Crippen LogP contribution in [-0.4, -0.2) is 69.6 Å². The van der Waals surface area contributed by atoms with Crippen LogP contribution in [0, 0.1) is 0 Å². The average molecular weight is 480 g/mol. The number of benzene rings is 2. The Morgan fingerprint density at radius 1 is 0.500 bits per heavy atom. The Morgan fingerprint density at radius 2 is 0.885 bits per heavy atom. The Kier molecular flexibility index (Phi) is 9.27. The Bertz CT molecular complexity index is 556. The third kappa shape index (κ3) is 6.85.